The van der Waals surface area contributed by atoms with Crippen molar-refractivity contribution in [3.63, 3.8) is 0 Å². The second-order valence-corrected chi connectivity index (χ2v) is 8.09. The molecule has 0 radical (unpaired) electrons. The van der Waals surface area contributed by atoms with Gasteiger partial charge in [-0.25, -0.2) is 8.42 Å². The highest BCUT2D eigenvalue weighted by molar-refractivity contribution is 7.98. The molecule has 0 saturated heterocycles. The molecule has 1 aliphatic carbocycles. The van der Waals surface area contributed by atoms with E-state index < -0.39 is 15.4 Å². The van der Waals surface area contributed by atoms with Crippen LogP contribution in [0, 0.1) is 0 Å². The summed E-state index contributed by atoms with van der Waals surface area (Å²) >= 11 is 1.58. The van der Waals surface area contributed by atoms with E-state index in [4.69, 9.17) is 0 Å². The fourth-order valence-electron chi connectivity index (χ4n) is 2.57. The molecular formula is C14H20O3S2. The van der Waals surface area contributed by atoms with Crippen LogP contribution in [0.4, 0.5) is 0 Å². The molecule has 1 aromatic carbocycles. The maximum absolute atomic E-state index is 12.3. The second kappa shape index (κ2) is 5.85. The Bertz CT molecular complexity index is 514. The van der Waals surface area contributed by atoms with Crippen molar-refractivity contribution in [2.75, 3.05) is 12.0 Å². The predicted molar refractivity (Wildman–Crippen MR) is 78.3 cm³/mol. The van der Waals surface area contributed by atoms with Gasteiger partial charge in [-0.15, -0.1) is 11.8 Å². The molecule has 0 bridgehead atoms. The Morgan fingerprint density at radius 3 is 2.26 bits per heavy atom. The Hall–Kier alpha value is -0.520. The van der Waals surface area contributed by atoms with E-state index in [1.807, 2.05) is 18.4 Å². The van der Waals surface area contributed by atoms with E-state index >= 15 is 0 Å². The summed E-state index contributed by atoms with van der Waals surface area (Å²) < 4.78 is 24.7. The van der Waals surface area contributed by atoms with Gasteiger partial charge in [0.05, 0.1) is 16.2 Å². The van der Waals surface area contributed by atoms with Crippen molar-refractivity contribution in [2.45, 2.75) is 47.5 Å². The van der Waals surface area contributed by atoms with Gasteiger partial charge in [-0.2, -0.15) is 0 Å². The normalized spacial score (nSPS) is 19.3. The summed E-state index contributed by atoms with van der Waals surface area (Å²) in [6, 6.07) is 6.88. The van der Waals surface area contributed by atoms with Crippen LogP contribution in [0.25, 0.3) is 0 Å². The standard InChI is InChI=1S/C14H20O3S2/c1-18-12-5-7-13(8-6-12)19(16,17)11-14(15)9-3-2-4-10-14/h5-8,15H,2-4,9-11H2,1H3. The highest BCUT2D eigenvalue weighted by atomic mass is 32.2. The predicted octanol–water partition coefficient (Wildman–Crippen LogP) is 2.88. The summed E-state index contributed by atoms with van der Waals surface area (Å²) in [7, 11) is -3.40. The van der Waals surface area contributed by atoms with Crippen LogP contribution in [0.3, 0.4) is 0 Å². The zero-order valence-electron chi connectivity index (χ0n) is 11.1. The van der Waals surface area contributed by atoms with Crippen molar-refractivity contribution in [1.29, 1.82) is 0 Å². The molecule has 1 fully saturated rings. The highest BCUT2D eigenvalue weighted by Gasteiger charge is 2.35. The van der Waals surface area contributed by atoms with Crippen LogP contribution in [0.15, 0.2) is 34.1 Å². The number of aliphatic hydroxyl groups is 1. The summed E-state index contributed by atoms with van der Waals surface area (Å²) in [4.78, 5) is 1.35. The summed E-state index contributed by atoms with van der Waals surface area (Å²) in [5, 5.41) is 10.4. The first-order chi connectivity index (χ1) is 8.95. The van der Waals surface area contributed by atoms with Gasteiger partial charge >= 0.3 is 0 Å². The summed E-state index contributed by atoms with van der Waals surface area (Å²) in [6.07, 6.45) is 6.05. The van der Waals surface area contributed by atoms with Gasteiger partial charge < -0.3 is 5.11 Å². The van der Waals surface area contributed by atoms with Crippen molar-refractivity contribution < 1.29 is 13.5 Å². The molecule has 0 atom stereocenters. The minimum atomic E-state index is -3.40. The number of thioether (sulfide) groups is 1. The molecule has 19 heavy (non-hydrogen) atoms. The molecule has 5 heteroatoms. The van der Waals surface area contributed by atoms with Gasteiger partial charge in [0.15, 0.2) is 9.84 Å². The molecule has 0 heterocycles. The van der Waals surface area contributed by atoms with Gasteiger partial charge in [-0.05, 0) is 43.4 Å². The van der Waals surface area contributed by atoms with Crippen LogP contribution in [-0.4, -0.2) is 31.1 Å². The summed E-state index contributed by atoms with van der Waals surface area (Å²) in [5.41, 5.74) is -1.03. The van der Waals surface area contributed by atoms with Gasteiger partial charge in [-0.1, -0.05) is 19.3 Å². The molecule has 0 aliphatic heterocycles. The molecule has 1 saturated carbocycles. The molecule has 0 aromatic heterocycles. The maximum Gasteiger partial charge on any atom is 0.181 e. The maximum atomic E-state index is 12.3. The zero-order chi connectivity index (χ0) is 13.9. The van der Waals surface area contributed by atoms with Gasteiger partial charge in [-0.3, -0.25) is 0 Å². The van der Waals surface area contributed by atoms with Crippen molar-refractivity contribution in [2.24, 2.45) is 0 Å². The Morgan fingerprint density at radius 2 is 1.74 bits per heavy atom. The van der Waals surface area contributed by atoms with E-state index in [0.29, 0.717) is 17.7 Å². The van der Waals surface area contributed by atoms with Gasteiger partial charge in [0, 0.05) is 4.90 Å². The third-order valence-corrected chi connectivity index (χ3v) is 6.31. The molecule has 1 aliphatic rings. The van der Waals surface area contributed by atoms with E-state index in [9.17, 15) is 13.5 Å². The van der Waals surface area contributed by atoms with Crippen LogP contribution < -0.4 is 0 Å². The second-order valence-electron chi connectivity index (χ2n) is 5.22. The van der Waals surface area contributed by atoms with Crippen molar-refractivity contribution in [3.8, 4) is 0 Å². The minimum absolute atomic E-state index is 0.154. The smallest absolute Gasteiger partial charge is 0.181 e. The first-order valence-corrected chi connectivity index (χ1v) is 9.42. The number of rotatable bonds is 4. The number of benzene rings is 1. The van der Waals surface area contributed by atoms with Gasteiger partial charge in [0.2, 0.25) is 0 Å². The molecule has 3 nitrogen and oxygen atoms in total. The SMILES string of the molecule is CSc1ccc(S(=O)(=O)CC2(O)CCCCC2)cc1. The van der Waals surface area contributed by atoms with Crippen molar-refractivity contribution in [1.82, 2.24) is 0 Å². The van der Waals surface area contributed by atoms with E-state index in [2.05, 4.69) is 0 Å². The molecule has 1 aromatic rings. The minimum Gasteiger partial charge on any atom is -0.389 e. The quantitative estimate of drug-likeness (QED) is 0.869. The first-order valence-electron chi connectivity index (χ1n) is 6.54. The summed E-state index contributed by atoms with van der Waals surface area (Å²) in [5.74, 6) is -0.154. The van der Waals surface area contributed by atoms with Crippen molar-refractivity contribution >= 4 is 21.6 Å². The number of hydrogen-bond donors (Lipinski definition) is 1. The molecule has 1 N–H and O–H groups in total. The fourth-order valence-corrected chi connectivity index (χ4v) is 4.70. The monoisotopic (exact) mass is 300 g/mol. The first kappa shape index (κ1) is 14.9. The summed E-state index contributed by atoms with van der Waals surface area (Å²) in [6.45, 7) is 0. The van der Waals surface area contributed by atoms with Crippen LogP contribution >= 0.6 is 11.8 Å². The lowest BCUT2D eigenvalue weighted by Gasteiger charge is -2.31. The third kappa shape index (κ3) is 3.74. The third-order valence-electron chi connectivity index (χ3n) is 3.66. The number of hydrogen-bond acceptors (Lipinski definition) is 4. The van der Waals surface area contributed by atoms with Crippen LogP contribution in [0.5, 0.6) is 0 Å². The lowest BCUT2D eigenvalue weighted by molar-refractivity contribution is 0.0257. The molecular weight excluding hydrogens is 280 g/mol. The van der Waals surface area contributed by atoms with E-state index in [1.165, 1.54) is 0 Å². The highest BCUT2D eigenvalue weighted by Crippen LogP contribution is 2.31. The molecule has 0 spiro atoms. The molecule has 0 unspecified atom stereocenters. The topological polar surface area (TPSA) is 54.4 Å². The van der Waals surface area contributed by atoms with Crippen LogP contribution in [0.2, 0.25) is 0 Å². The average molecular weight is 300 g/mol. The number of sulfone groups is 1. The van der Waals surface area contributed by atoms with E-state index in [0.717, 1.165) is 24.2 Å². The fraction of sp³-hybridized carbons (Fsp3) is 0.571. The van der Waals surface area contributed by atoms with E-state index in [1.54, 1.807) is 23.9 Å². The Morgan fingerprint density at radius 1 is 1.16 bits per heavy atom. The Balaban J connectivity index is 2.17. The van der Waals surface area contributed by atoms with Gasteiger partial charge in [0.1, 0.15) is 0 Å². The molecule has 0 amide bonds. The Kier molecular flexibility index (Phi) is 4.58. The lowest BCUT2D eigenvalue weighted by Crippen LogP contribution is -2.39. The lowest BCUT2D eigenvalue weighted by atomic mass is 9.86. The zero-order valence-corrected chi connectivity index (χ0v) is 12.8. The van der Waals surface area contributed by atoms with Crippen molar-refractivity contribution in [3.05, 3.63) is 24.3 Å². The molecule has 2 rings (SSSR count). The van der Waals surface area contributed by atoms with Crippen LogP contribution in [-0.2, 0) is 9.84 Å². The Labute approximate surface area is 119 Å². The molecule has 106 valence electrons. The average Bonchev–Trinajstić information content (AvgIpc) is 2.38. The largest absolute Gasteiger partial charge is 0.389 e. The van der Waals surface area contributed by atoms with Gasteiger partial charge in [0.25, 0.3) is 0 Å². The van der Waals surface area contributed by atoms with Crippen LogP contribution in [0.1, 0.15) is 32.1 Å². The van der Waals surface area contributed by atoms with E-state index in [-0.39, 0.29) is 5.75 Å².